The minimum absolute atomic E-state index is 0.181. The molecule has 0 spiro atoms. The van der Waals surface area contributed by atoms with Gasteiger partial charge in [-0.3, -0.25) is 9.18 Å². The zero-order valence-corrected chi connectivity index (χ0v) is 16.0. The number of carbonyl (C=O) groups excluding carboxylic acids is 1. The molecule has 0 aliphatic heterocycles. The highest BCUT2D eigenvalue weighted by Crippen LogP contribution is 2.38. The van der Waals surface area contributed by atoms with Crippen LogP contribution in [0, 0.1) is 12.8 Å². The molecule has 0 radical (unpaired) electrons. The Morgan fingerprint density at radius 1 is 1.15 bits per heavy atom. The van der Waals surface area contributed by atoms with E-state index in [0.29, 0.717) is 11.8 Å². The Kier molecular flexibility index (Phi) is 6.44. The summed E-state index contributed by atoms with van der Waals surface area (Å²) in [7, 11) is 0. The summed E-state index contributed by atoms with van der Waals surface area (Å²) >= 11 is 0. The van der Waals surface area contributed by atoms with Gasteiger partial charge in [0.1, 0.15) is 0 Å². The third-order valence-corrected chi connectivity index (χ3v) is 5.74. The van der Waals surface area contributed by atoms with Gasteiger partial charge in [0.2, 0.25) is 5.91 Å². The molecule has 1 aliphatic rings. The lowest BCUT2D eigenvalue weighted by Crippen LogP contribution is -2.13. The van der Waals surface area contributed by atoms with Gasteiger partial charge in [0.25, 0.3) is 0 Å². The van der Waals surface area contributed by atoms with Crippen LogP contribution < -0.4 is 5.32 Å². The maximum absolute atomic E-state index is 12.5. The summed E-state index contributed by atoms with van der Waals surface area (Å²) in [5.41, 5.74) is 5.65. The summed E-state index contributed by atoms with van der Waals surface area (Å²) in [5.74, 6) is 0.980. The molecule has 3 rings (SSSR count). The summed E-state index contributed by atoms with van der Waals surface area (Å²) < 4.78 is 12.5. The van der Waals surface area contributed by atoms with E-state index in [9.17, 15) is 9.18 Å². The average Bonchev–Trinajstić information content (AvgIpc) is 2.69. The zero-order valence-electron chi connectivity index (χ0n) is 16.0. The molecule has 3 heteroatoms. The number of rotatable bonds is 6. The first-order chi connectivity index (χ1) is 13.1. The van der Waals surface area contributed by atoms with Gasteiger partial charge in [0.15, 0.2) is 0 Å². The second-order valence-corrected chi connectivity index (χ2v) is 7.54. The maximum atomic E-state index is 12.5. The third kappa shape index (κ3) is 4.85. The Labute approximate surface area is 161 Å². The molecule has 0 aromatic heterocycles. The van der Waals surface area contributed by atoms with Crippen molar-refractivity contribution < 1.29 is 9.18 Å². The van der Waals surface area contributed by atoms with Gasteiger partial charge in [0.05, 0.1) is 6.67 Å². The van der Waals surface area contributed by atoms with Gasteiger partial charge >= 0.3 is 0 Å². The molecule has 2 aromatic carbocycles. The van der Waals surface area contributed by atoms with Gasteiger partial charge in [-0.2, -0.15) is 0 Å². The molecule has 2 aromatic rings. The fourth-order valence-electron chi connectivity index (χ4n) is 4.13. The molecule has 0 saturated heterocycles. The number of halogens is 1. The van der Waals surface area contributed by atoms with Crippen LogP contribution >= 0.6 is 0 Å². The molecule has 1 N–H and O–H groups in total. The lowest BCUT2D eigenvalue weighted by molar-refractivity contribution is -0.111. The summed E-state index contributed by atoms with van der Waals surface area (Å²) in [6.45, 7) is 5.35. The van der Waals surface area contributed by atoms with Crippen LogP contribution in [-0.4, -0.2) is 12.6 Å². The number of aryl methyl sites for hydroxylation is 1. The third-order valence-electron chi connectivity index (χ3n) is 5.74. The van der Waals surface area contributed by atoms with Crippen molar-refractivity contribution in [2.75, 3.05) is 12.0 Å². The van der Waals surface area contributed by atoms with E-state index >= 15 is 0 Å². The normalized spacial score (nSPS) is 19.5. The van der Waals surface area contributed by atoms with E-state index in [1.54, 1.807) is 0 Å². The second-order valence-electron chi connectivity index (χ2n) is 7.54. The highest BCUT2D eigenvalue weighted by molar-refractivity contribution is 5.99. The molecular weight excluding hydrogens is 337 g/mol. The molecule has 0 atom stereocenters. The van der Waals surface area contributed by atoms with Gasteiger partial charge in [-0.1, -0.05) is 36.9 Å². The number of hydrogen-bond donors (Lipinski definition) is 1. The number of amides is 1. The van der Waals surface area contributed by atoms with E-state index < -0.39 is 0 Å². The van der Waals surface area contributed by atoms with Crippen LogP contribution in [0.15, 0.2) is 55.1 Å². The van der Waals surface area contributed by atoms with Gasteiger partial charge < -0.3 is 5.32 Å². The molecule has 1 saturated carbocycles. The van der Waals surface area contributed by atoms with Crippen molar-refractivity contribution in [1.29, 1.82) is 0 Å². The van der Waals surface area contributed by atoms with E-state index in [4.69, 9.17) is 0 Å². The Bertz CT molecular complexity index is 789. The standard InChI is InChI=1S/C24H28FNO/c1-3-24(27)26-22-12-13-23(17(2)16-22)21-10-8-20(9-11-21)19-6-4-18(5-7-19)14-15-25/h3,8-13,16,18-19H,1,4-7,14-15H2,2H3,(H,26,27). The number of nitrogens with one attached hydrogen (secondary N) is 1. The fraction of sp³-hybridized carbons (Fsp3) is 0.375. The van der Waals surface area contributed by atoms with Crippen LogP contribution in [0.25, 0.3) is 11.1 Å². The van der Waals surface area contributed by atoms with Gasteiger partial charge in [-0.15, -0.1) is 0 Å². The first kappa shape index (κ1) is 19.3. The second kappa shape index (κ2) is 8.98. The highest BCUT2D eigenvalue weighted by Gasteiger charge is 2.22. The molecular formula is C24H28FNO. The molecule has 27 heavy (non-hydrogen) atoms. The fourth-order valence-corrected chi connectivity index (χ4v) is 4.13. The van der Waals surface area contributed by atoms with Gasteiger partial charge in [-0.05, 0) is 91.3 Å². The van der Waals surface area contributed by atoms with Crippen molar-refractivity contribution >= 4 is 11.6 Å². The van der Waals surface area contributed by atoms with Crippen molar-refractivity contribution in [2.24, 2.45) is 5.92 Å². The molecule has 2 nitrogen and oxygen atoms in total. The Balaban J connectivity index is 1.68. The lowest BCUT2D eigenvalue weighted by atomic mass is 9.77. The SMILES string of the molecule is C=CC(=O)Nc1ccc(-c2ccc(C3CCC(CCF)CC3)cc2)c(C)c1. The van der Waals surface area contributed by atoms with Crippen LogP contribution in [0.4, 0.5) is 10.1 Å². The molecule has 0 unspecified atom stereocenters. The number of benzene rings is 2. The Morgan fingerprint density at radius 3 is 2.44 bits per heavy atom. The summed E-state index contributed by atoms with van der Waals surface area (Å²) in [6.07, 6.45) is 6.63. The smallest absolute Gasteiger partial charge is 0.247 e. The first-order valence-corrected chi connectivity index (χ1v) is 9.81. The van der Waals surface area contributed by atoms with E-state index in [0.717, 1.165) is 30.5 Å². The lowest BCUT2D eigenvalue weighted by Gasteiger charge is -2.28. The zero-order chi connectivity index (χ0) is 19.2. The number of anilines is 1. The number of alkyl halides is 1. The Hall–Kier alpha value is -2.42. The van der Waals surface area contributed by atoms with Crippen LogP contribution in [0.2, 0.25) is 0 Å². The van der Waals surface area contributed by atoms with Crippen molar-refractivity contribution in [3.05, 3.63) is 66.2 Å². The molecule has 142 valence electrons. The topological polar surface area (TPSA) is 29.1 Å². The Morgan fingerprint density at radius 2 is 1.85 bits per heavy atom. The number of carbonyl (C=O) groups is 1. The van der Waals surface area contributed by atoms with Crippen LogP contribution in [-0.2, 0) is 4.79 Å². The molecule has 1 amide bonds. The maximum Gasteiger partial charge on any atom is 0.247 e. The van der Waals surface area contributed by atoms with Crippen LogP contribution in [0.3, 0.4) is 0 Å². The summed E-state index contributed by atoms with van der Waals surface area (Å²) in [4.78, 5) is 11.4. The van der Waals surface area contributed by atoms with Crippen molar-refractivity contribution in [2.45, 2.75) is 44.9 Å². The molecule has 0 heterocycles. The van der Waals surface area contributed by atoms with Gasteiger partial charge in [-0.25, -0.2) is 0 Å². The van der Waals surface area contributed by atoms with Gasteiger partial charge in [0, 0.05) is 5.69 Å². The van der Waals surface area contributed by atoms with E-state index in [1.165, 1.54) is 35.6 Å². The molecule has 1 fully saturated rings. The minimum Gasteiger partial charge on any atom is -0.323 e. The van der Waals surface area contributed by atoms with E-state index in [2.05, 4.69) is 43.1 Å². The van der Waals surface area contributed by atoms with E-state index in [1.807, 2.05) is 18.2 Å². The quantitative estimate of drug-likeness (QED) is 0.588. The number of hydrogen-bond acceptors (Lipinski definition) is 1. The van der Waals surface area contributed by atoms with Crippen molar-refractivity contribution in [1.82, 2.24) is 0 Å². The van der Waals surface area contributed by atoms with Crippen LogP contribution in [0.1, 0.15) is 49.1 Å². The highest BCUT2D eigenvalue weighted by atomic mass is 19.1. The van der Waals surface area contributed by atoms with E-state index in [-0.39, 0.29) is 12.6 Å². The average molecular weight is 365 g/mol. The largest absolute Gasteiger partial charge is 0.323 e. The first-order valence-electron chi connectivity index (χ1n) is 9.81. The molecule has 0 bridgehead atoms. The van der Waals surface area contributed by atoms with Crippen molar-refractivity contribution in [3.8, 4) is 11.1 Å². The summed E-state index contributed by atoms with van der Waals surface area (Å²) in [5, 5.41) is 2.80. The van der Waals surface area contributed by atoms with Crippen molar-refractivity contribution in [3.63, 3.8) is 0 Å². The predicted molar refractivity (Wildman–Crippen MR) is 111 cm³/mol. The monoisotopic (exact) mass is 365 g/mol. The minimum atomic E-state index is -0.201. The van der Waals surface area contributed by atoms with Crippen LogP contribution in [0.5, 0.6) is 0 Å². The predicted octanol–water partition coefficient (Wildman–Crippen LogP) is 6.42. The summed E-state index contributed by atoms with van der Waals surface area (Å²) in [6, 6.07) is 14.8. The molecule has 1 aliphatic carbocycles.